The fourth-order valence-electron chi connectivity index (χ4n) is 1.88. The number of hydrogen-bond acceptors (Lipinski definition) is 6. The third kappa shape index (κ3) is 8.83. The lowest BCUT2D eigenvalue weighted by atomic mass is 10.1. The molecule has 1 aromatic carbocycles. The molecule has 0 aliphatic heterocycles. The summed E-state index contributed by atoms with van der Waals surface area (Å²) in [5, 5.41) is 10.2. The van der Waals surface area contributed by atoms with Crippen molar-refractivity contribution in [2.75, 3.05) is 13.2 Å². The SMILES string of the molecule is CCOC(=O)/C=C/[C@H](O)[C@@H](/C=C/C(=O)OCC)OCc1ccccc1. The van der Waals surface area contributed by atoms with Crippen LogP contribution in [0.4, 0.5) is 0 Å². The Morgan fingerprint density at radius 3 is 2.12 bits per heavy atom. The van der Waals surface area contributed by atoms with Crippen molar-refractivity contribution in [3.05, 3.63) is 60.2 Å². The van der Waals surface area contributed by atoms with Gasteiger partial charge in [-0.1, -0.05) is 30.3 Å². The van der Waals surface area contributed by atoms with E-state index >= 15 is 0 Å². The lowest BCUT2D eigenvalue weighted by Crippen LogP contribution is -2.26. The molecule has 2 atom stereocenters. The zero-order valence-electron chi connectivity index (χ0n) is 14.5. The van der Waals surface area contributed by atoms with Gasteiger partial charge in [0.05, 0.1) is 19.8 Å². The molecule has 1 N–H and O–H groups in total. The van der Waals surface area contributed by atoms with E-state index in [2.05, 4.69) is 0 Å². The molecule has 0 aromatic heterocycles. The van der Waals surface area contributed by atoms with Gasteiger partial charge in [0.1, 0.15) is 12.2 Å². The molecule has 0 heterocycles. The Morgan fingerprint density at radius 2 is 1.56 bits per heavy atom. The Labute approximate surface area is 147 Å². The van der Waals surface area contributed by atoms with E-state index in [0.29, 0.717) is 0 Å². The highest BCUT2D eigenvalue weighted by molar-refractivity contribution is 5.82. The van der Waals surface area contributed by atoms with Crippen molar-refractivity contribution < 1.29 is 28.9 Å². The molecule has 0 radical (unpaired) electrons. The maximum absolute atomic E-state index is 11.5. The normalized spacial score (nSPS) is 13.7. The summed E-state index contributed by atoms with van der Waals surface area (Å²) in [6.07, 6.45) is 3.05. The highest BCUT2D eigenvalue weighted by atomic mass is 16.5. The smallest absolute Gasteiger partial charge is 0.330 e. The number of ether oxygens (including phenoxy) is 3. The molecule has 0 fully saturated rings. The van der Waals surface area contributed by atoms with Crippen molar-refractivity contribution in [3.8, 4) is 0 Å². The Morgan fingerprint density at radius 1 is 1.00 bits per heavy atom. The van der Waals surface area contributed by atoms with E-state index in [9.17, 15) is 14.7 Å². The Balaban J connectivity index is 2.75. The first-order chi connectivity index (χ1) is 12.1. The van der Waals surface area contributed by atoms with Crippen molar-refractivity contribution in [1.29, 1.82) is 0 Å². The van der Waals surface area contributed by atoms with E-state index < -0.39 is 24.1 Å². The molecule has 25 heavy (non-hydrogen) atoms. The minimum absolute atomic E-state index is 0.239. The van der Waals surface area contributed by atoms with Crippen LogP contribution < -0.4 is 0 Å². The molecular formula is C19H24O6. The molecule has 0 saturated heterocycles. The average molecular weight is 348 g/mol. The van der Waals surface area contributed by atoms with Gasteiger partial charge in [-0.2, -0.15) is 0 Å². The fraction of sp³-hybridized carbons (Fsp3) is 0.368. The Kier molecular flexibility index (Phi) is 9.89. The third-order valence-corrected chi connectivity index (χ3v) is 3.05. The molecular weight excluding hydrogens is 324 g/mol. The van der Waals surface area contributed by atoms with Crippen molar-refractivity contribution in [3.63, 3.8) is 0 Å². The predicted molar refractivity (Wildman–Crippen MR) is 92.6 cm³/mol. The van der Waals surface area contributed by atoms with Crippen LogP contribution in [0.15, 0.2) is 54.6 Å². The van der Waals surface area contributed by atoms with Gasteiger partial charge < -0.3 is 19.3 Å². The Bertz CT molecular complexity index is 579. The molecule has 0 aliphatic carbocycles. The molecule has 1 aromatic rings. The zero-order valence-corrected chi connectivity index (χ0v) is 14.5. The van der Waals surface area contributed by atoms with Crippen LogP contribution in [0.1, 0.15) is 19.4 Å². The van der Waals surface area contributed by atoms with Gasteiger partial charge in [0.25, 0.3) is 0 Å². The van der Waals surface area contributed by atoms with Crippen LogP contribution in [0.5, 0.6) is 0 Å². The van der Waals surface area contributed by atoms with Crippen LogP contribution in [0.2, 0.25) is 0 Å². The maximum atomic E-state index is 11.5. The van der Waals surface area contributed by atoms with Gasteiger partial charge in [0, 0.05) is 12.2 Å². The summed E-state index contributed by atoms with van der Waals surface area (Å²) in [5.74, 6) is -1.09. The molecule has 0 amide bonds. The second-order valence-corrected chi connectivity index (χ2v) is 4.97. The Hall–Kier alpha value is -2.44. The standard InChI is InChI=1S/C19H24O6/c1-3-23-18(21)12-10-16(20)17(11-13-19(22)24-4-2)25-14-15-8-6-5-7-9-15/h5-13,16-17,20H,3-4,14H2,1-2H3/b12-10+,13-11+/t16-,17+/m0/s1. The first kappa shape index (κ1) is 20.6. The molecule has 0 bridgehead atoms. The van der Waals surface area contributed by atoms with E-state index in [0.717, 1.165) is 11.6 Å². The predicted octanol–water partition coefficient (Wildman–Crippen LogP) is 2.17. The minimum Gasteiger partial charge on any atom is -0.463 e. The van der Waals surface area contributed by atoms with Crippen molar-refractivity contribution in [2.45, 2.75) is 32.7 Å². The van der Waals surface area contributed by atoms with Gasteiger partial charge in [-0.05, 0) is 31.6 Å². The fourth-order valence-corrected chi connectivity index (χ4v) is 1.88. The molecule has 6 heteroatoms. The monoisotopic (exact) mass is 348 g/mol. The van der Waals surface area contributed by atoms with Crippen molar-refractivity contribution in [1.82, 2.24) is 0 Å². The topological polar surface area (TPSA) is 82.1 Å². The molecule has 1 rings (SSSR count). The van der Waals surface area contributed by atoms with E-state index in [-0.39, 0.29) is 19.8 Å². The summed E-state index contributed by atoms with van der Waals surface area (Å²) in [6, 6.07) is 9.40. The van der Waals surface area contributed by atoms with Crippen LogP contribution in [0.3, 0.4) is 0 Å². The number of rotatable bonds is 10. The van der Waals surface area contributed by atoms with Crippen LogP contribution in [0.25, 0.3) is 0 Å². The summed E-state index contributed by atoms with van der Waals surface area (Å²) < 4.78 is 15.2. The van der Waals surface area contributed by atoms with E-state index in [1.807, 2.05) is 30.3 Å². The number of benzene rings is 1. The molecule has 0 spiro atoms. The number of esters is 2. The number of aliphatic hydroxyl groups is 1. The van der Waals surface area contributed by atoms with Crippen LogP contribution in [-0.2, 0) is 30.4 Å². The molecule has 0 aliphatic rings. The number of carbonyl (C=O) groups excluding carboxylic acids is 2. The van der Waals surface area contributed by atoms with E-state index in [1.165, 1.54) is 18.2 Å². The summed E-state index contributed by atoms with van der Waals surface area (Å²) in [6.45, 7) is 4.13. The molecule has 0 unspecified atom stereocenters. The molecule has 136 valence electrons. The first-order valence-corrected chi connectivity index (χ1v) is 8.10. The van der Waals surface area contributed by atoms with Gasteiger partial charge >= 0.3 is 11.9 Å². The largest absolute Gasteiger partial charge is 0.463 e. The van der Waals surface area contributed by atoms with Gasteiger partial charge in [0.2, 0.25) is 0 Å². The highest BCUT2D eigenvalue weighted by Gasteiger charge is 2.16. The minimum atomic E-state index is -1.13. The quantitative estimate of drug-likeness (QED) is 0.515. The second kappa shape index (κ2) is 12.0. The first-order valence-electron chi connectivity index (χ1n) is 8.10. The molecule has 6 nitrogen and oxygen atoms in total. The van der Waals surface area contributed by atoms with Crippen LogP contribution in [-0.4, -0.2) is 42.5 Å². The summed E-state index contributed by atoms with van der Waals surface area (Å²) in [7, 11) is 0. The van der Waals surface area contributed by atoms with Crippen LogP contribution in [0, 0.1) is 0 Å². The van der Waals surface area contributed by atoms with Crippen molar-refractivity contribution >= 4 is 11.9 Å². The highest BCUT2D eigenvalue weighted by Crippen LogP contribution is 2.09. The van der Waals surface area contributed by atoms with E-state index in [4.69, 9.17) is 14.2 Å². The summed E-state index contributed by atoms with van der Waals surface area (Å²) >= 11 is 0. The number of hydrogen-bond donors (Lipinski definition) is 1. The van der Waals surface area contributed by atoms with Crippen LogP contribution >= 0.6 is 0 Å². The second-order valence-electron chi connectivity index (χ2n) is 4.97. The van der Waals surface area contributed by atoms with Gasteiger partial charge in [0.15, 0.2) is 0 Å². The summed E-state index contributed by atoms with van der Waals surface area (Å²) in [4.78, 5) is 22.8. The van der Waals surface area contributed by atoms with E-state index in [1.54, 1.807) is 13.8 Å². The lowest BCUT2D eigenvalue weighted by Gasteiger charge is -2.18. The number of aliphatic hydroxyl groups excluding tert-OH is 1. The van der Waals surface area contributed by atoms with Gasteiger partial charge in [-0.25, -0.2) is 9.59 Å². The van der Waals surface area contributed by atoms with Crippen molar-refractivity contribution in [2.24, 2.45) is 0 Å². The lowest BCUT2D eigenvalue weighted by molar-refractivity contribution is -0.138. The van der Waals surface area contributed by atoms with Gasteiger partial charge in [-0.15, -0.1) is 0 Å². The zero-order chi connectivity index (χ0) is 18.5. The third-order valence-electron chi connectivity index (χ3n) is 3.05. The number of carbonyl (C=O) groups is 2. The van der Waals surface area contributed by atoms with Gasteiger partial charge in [-0.3, -0.25) is 0 Å². The average Bonchev–Trinajstić information content (AvgIpc) is 2.61. The summed E-state index contributed by atoms with van der Waals surface area (Å²) in [5.41, 5.74) is 0.915. The molecule has 0 saturated carbocycles. The maximum Gasteiger partial charge on any atom is 0.330 e.